The van der Waals surface area contributed by atoms with Gasteiger partial charge >= 0.3 is 0 Å². The second kappa shape index (κ2) is 3.61. The Balaban J connectivity index is 4.40. The maximum atomic E-state index is 10.9. The first-order valence-electron chi connectivity index (χ1n) is 2.88. The Labute approximate surface area is 77.9 Å². The van der Waals surface area contributed by atoms with Gasteiger partial charge in [0.15, 0.2) is 0 Å². The van der Waals surface area contributed by atoms with Crippen LogP contribution in [0.25, 0.3) is 0 Å². The largest absolute Gasteiger partial charge is 0.313 e. The molecule has 0 aliphatic rings. The normalized spacial score (nSPS) is 14.0. The highest BCUT2D eigenvalue weighted by Crippen LogP contribution is 2.18. The zero-order valence-corrected chi connectivity index (χ0v) is 9.79. The molecule has 7 heteroatoms. The van der Waals surface area contributed by atoms with Gasteiger partial charge in [0.1, 0.15) is 0 Å². The molecule has 0 aromatic rings. The second-order valence-electron chi connectivity index (χ2n) is 2.95. The van der Waals surface area contributed by atoms with E-state index in [1.807, 2.05) is 0 Å². The van der Waals surface area contributed by atoms with Crippen molar-refractivity contribution in [3.8, 4) is 0 Å². The summed E-state index contributed by atoms with van der Waals surface area (Å²) in [5.41, 5.74) is 0. The predicted molar refractivity (Wildman–Crippen MR) is 48.8 cm³/mol. The van der Waals surface area contributed by atoms with Crippen LogP contribution in [0.15, 0.2) is 0 Å². The molecule has 0 rings (SSSR count). The summed E-state index contributed by atoms with van der Waals surface area (Å²) < 4.78 is 25.0. The fraction of sp³-hybridized carbons (Fsp3) is 1.00. The summed E-state index contributed by atoms with van der Waals surface area (Å²) in [4.78, 5) is 0. The second-order valence-corrected chi connectivity index (χ2v) is 10.9. The van der Waals surface area contributed by atoms with Crippen LogP contribution in [-0.2, 0) is 14.0 Å². The molecule has 0 amide bonds. The average molecular weight is 237 g/mol. The highest BCUT2D eigenvalue weighted by molar-refractivity contribution is 7.91. The van der Waals surface area contributed by atoms with Crippen molar-refractivity contribution in [1.82, 2.24) is 0 Å². The first-order chi connectivity index (χ1) is 4.65. The van der Waals surface area contributed by atoms with Gasteiger partial charge in [0, 0.05) is 0 Å². The van der Waals surface area contributed by atoms with Gasteiger partial charge in [-0.15, -0.1) is 0 Å². The van der Waals surface area contributed by atoms with E-state index >= 15 is 0 Å². The molecule has 0 fully saturated rings. The van der Waals surface area contributed by atoms with Crippen LogP contribution in [-0.4, -0.2) is 20.9 Å². The monoisotopic (exact) mass is 236 g/mol. The maximum Gasteiger partial charge on any atom is 0.289 e. The molecule has 0 aliphatic carbocycles. The van der Waals surface area contributed by atoms with E-state index in [0.717, 1.165) is 0 Å². The highest BCUT2D eigenvalue weighted by Gasteiger charge is 2.29. The van der Waals surface area contributed by atoms with Crippen molar-refractivity contribution in [2.45, 2.75) is 23.8 Å². The molecule has 0 heterocycles. The lowest BCUT2D eigenvalue weighted by Crippen LogP contribution is -2.31. The van der Waals surface area contributed by atoms with E-state index in [9.17, 15) is 8.42 Å². The van der Waals surface area contributed by atoms with Crippen LogP contribution in [0.1, 0.15) is 0 Å². The molecule has 0 atom stereocenters. The average Bonchev–Trinajstić information content (AvgIpc) is 1.56. The predicted octanol–water partition coefficient (Wildman–Crippen LogP) is 1.93. The third-order valence-corrected chi connectivity index (χ3v) is 5.26. The van der Waals surface area contributed by atoms with E-state index in [0.29, 0.717) is 0 Å². The molecule has 0 aliphatic heterocycles. The zero-order chi connectivity index (χ0) is 9.28. The van der Waals surface area contributed by atoms with Crippen molar-refractivity contribution >= 4 is 41.6 Å². The lowest BCUT2D eigenvalue weighted by molar-refractivity contribution is 0.488. The van der Waals surface area contributed by atoms with E-state index in [2.05, 4.69) is 0 Å². The molecule has 0 saturated carbocycles. The minimum Gasteiger partial charge on any atom is -0.313 e. The van der Waals surface area contributed by atoms with Gasteiger partial charge in [-0.1, -0.05) is 23.2 Å². The number of halogens is 2. The lowest BCUT2D eigenvalue weighted by Gasteiger charge is -2.16. The highest BCUT2D eigenvalue weighted by atomic mass is 35.5. The van der Waals surface area contributed by atoms with Gasteiger partial charge in [-0.2, -0.15) is 8.42 Å². The molecular weight excluding hydrogens is 227 g/mol. The summed E-state index contributed by atoms with van der Waals surface area (Å²) in [5.74, 6) is 0. The molecule has 0 aromatic heterocycles. The molecule has 0 radical (unpaired) electrons. The number of hydrogen-bond acceptors (Lipinski definition) is 3. The van der Waals surface area contributed by atoms with E-state index in [4.69, 9.17) is 27.1 Å². The summed E-state index contributed by atoms with van der Waals surface area (Å²) in [6, 6.07) is 0. The van der Waals surface area contributed by atoms with Gasteiger partial charge in [0.2, 0.25) is 12.5 Å². The first kappa shape index (κ1) is 11.7. The minimum atomic E-state index is -3.76. The van der Waals surface area contributed by atoms with Crippen molar-refractivity contribution < 1.29 is 12.3 Å². The Morgan fingerprint density at radius 2 is 1.64 bits per heavy atom. The summed E-state index contributed by atoms with van der Waals surface area (Å²) in [6.45, 7) is 5.21. The maximum absolute atomic E-state index is 10.9. The van der Waals surface area contributed by atoms with Crippen molar-refractivity contribution in [2.24, 2.45) is 0 Å². The molecule has 11 heavy (non-hydrogen) atoms. The minimum absolute atomic E-state index is 1.49. The molecule has 3 nitrogen and oxygen atoms in total. The van der Waals surface area contributed by atoms with Crippen LogP contribution < -0.4 is 0 Å². The fourth-order valence-corrected chi connectivity index (χ4v) is 4.12. The number of hydrogen-bond donors (Lipinski definition) is 0. The Bertz CT molecular complexity index is 218. The first-order valence-corrected chi connectivity index (χ1v) is 8.63. The molecule has 0 aromatic carbocycles. The molecule has 0 spiro atoms. The summed E-state index contributed by atoms with van der Waals surface area (Å²) >= 11 is 10.3. The molecule has 0 saturated heterocycles. The number of rotatable bonds is 3. The van der Waals surface area contributed by atoms with Crippen molar-refractivity contribution in [3.05, 3.63) is 0 Å². The standard InChI is InChI=1S/C4H10Cl2O3SSi/c1-11(2,3)9-10(7,8)4(5)6/h4H,1-3H3. The quantitative estimate of drug-likeness (QED) is 0.556. The van der Waals surface area contributed by atoms with Crippen molar-refractivity contribution in [2.75, 3.05) is 0 Å². The number of alkyl halides is 2. The molecule has 0 N–H and O–H groups in total. The molecule has 0 unspecified atom stereocenters. The van der Waals surface area contributed by atoms with E-state index in [-0.39, 0.29) is 0 Å². The van der Waals surface area contributed by atoms with Crippen LogP contribution in [0.4, 0.5) is 0 Å². The fourth-order valence-electron chi connectivity index (χ4n) is 0.385. The van der Waals surface area contributed by atoms with Gasteiger partial charge in [-0.05, 0) is 19.6 Å². The van der Waals surface area contributed by atoms with Crippen molar-refractivity contribution in [3.63, 3.8) is 0 Å². The van der Waals surface area contributed by atoms with Crippen LogP contribution >= 0.6 is 23.2 Å². The molecule has 0 bridgehead atoms. The van der Waals surface area contributed by atoms with E-state index in [1.165, 1.54) is 0 Å². The Kier molecular flexibility index (Phi) is 3.85. The topological polar surface area (TPSA) is 43.4 Å². The van der Waals surface area contributed by atoms with Gasteiger partial charge in [0.25, 0.3) is 10.1 Å². The Morgan fingerprint density at radius 3 is 1.73 bits per heavy atom. The zero-order valence-electron chi connectivity index (χ0n) is 6.47. The van der Waals surface area contributed by atoms with Crippen LogP contribution in [0.3, 0.4) is 0 Å². The third-order valence-electron chi connectivity index (χ3n) is 0.584. The van der Waals surface area contributed by atoms with E-state index < -0.39 is 22.6 Å². The van der Waals surface area contributed by atoms with Gasteiger partial charge in [0.05, 0.1) is 0 Å². The van der Waals surface area contributed by atoms with Crippen LogP contribution in [0.5, 0.6) is 0 Å². The van der Waals surface area contributed by atoms with Crippen LogP contribution in [0.2, 0.25) is 19.6 Å². The SMILES string of the molecule is C[Si](C)(C)OS(=O)(=O)C(Cl)Cl. The Hall–Kier alpha value is 0.707. The van der Waals surface area contributed by atoms with Gasteiger partial charge in [-0.3, -0.25) is 0 Å². The van der Waals surface area contributed by atoms with E-state index in [1.54, 1.807) is 19.6 Å². The Morgan fingerprint density at radius 1 is 1.27 bits per heavy atom. The van der Waals surface area contributed by atoms with Crippen LogP contribution in [0, 0.1) is 0 Å². The van der Waals surface area contributed by atoms with Crippen molar-refractivity contribution in [1.29, 1.82) is 0 Å². The lowest BCUT2D eigenvalue weighted by atomic mass is 11.8. The molecule has 68 valence electrons. The summed E-state index contributed by atoms with van der Waals surface area (Å²) in [7, 11) is -5.88. The summed E-state index contributed by atoms with van der Waals surface area (Å²) in [5, 5.41) is 0. The third kappa shape index (κ3) is 5.03. The summed E-state index contributed by atoms with van der Waals surface area (Å²) in [6.07, 6.45) is 0. The smallest absolute Gasteiger partial charge is 0.289 e. The van der Waals surface area contributed by atoms with Gasteiger partial charge < -0.3 is 3.87 Å². The van der Waals surface area contributed by atoms with Gasteiger partial charge in [-0.25, -0.2) is 0 Å². The molecular formula is C4H10Cl2O3SSi.